The van der Waals surface area contributed by atoms with Crippen molar-refractivity contribution in [1.82, 2.24) is 9.97 Å². The topological polar surface area (TPSA) is 72.0 Å². The molecule has 0 bridgehead atoms. The van der Waals surface area contributed by atoms with Crippen molar-refractivity contribution in [2.75, 3.05) is 18.6 Å². The van der Waals surface area contributed by atoms with E-state index in [0.717, 1.165) is 15.7 Å². The zero-order valence-corrected chi connectivity index (χ0v) is 13.0. The van der Waals surface area contributed by atoms with E-state index < -0.39 is 9.84 Å². The van der Waals surface area contributed by atoms with Crippen LogP contribution < -0.4 is 5.32 Å². The molecule has 0 aliphatic heterocycles. The molecule has 20 heavy (non-hydrogen) atoms. The smallest absolute Gasteiger partial charge is 0.175 e. The van der Waals surface area contributed by atoms with Crippen molar-refractivity contribution in [3.05, 3.63) is 36.2 Å². The number of anilines is 1. The second-order valence-corrected chi connectivity index (χ2v) is 7.34. The lowest BCUT2D eigenvalue weighted by molar-refractivity contribution is 0.602. The fraction of sp³-hybridized carbons (Fsp3) is 0.231. The van der Waals surface area contributed by atoms with Crippen molar-refractivity contribution in [2.45, 2.75) is 21.7 Å². The predicted molar refractivity (Wildman–Crippen MR) is 80.0 cm³/mol. The third kappa shape index (κ3) is 3.71. The summed E-state index contributed by atoms with van der Waals surface area (Å²) in [5, 5.41) is 3.79. The molecule has 5 nitrogen and oxygen atoms in total. The molecule has 106 valence electrons. The third-order valence-electron chi connectivity index (χ3n) is 2.54. The highest BCUT2D eigenvalue weighted by Crippen LogP contribution is 2.28. The number of nitrogens with zero attached hydrogens (tertiary/aromatic N) is 2. The summed E-state index contributed by atoms with van der Waals surface area (Å²) in [6, 6.07) is 8.60. The maximum absolute atomic E-state index is 11.4. The van der Waals surface area contributed by atoms with E-state index in [-0.39, 0.29) is 0 Å². The molecule has 0 aliphatic rings. The Morgan fingerprint density at radius 3 is 2.35 bits per heavy atom. The molecule has 0 unspecified atom stereocenters. The molecule has 0 saturated heterocycles. The maximum Gasteiger partial charge on any atom is 0.175 e. The summed E-state index contributed by atoms with van der Waals surface area (Å²) in [4.78, 5) is 9.81. The zero-order chi connectivity index (χ0) is 14.8. The lowest BCUT2D eigenvalue weighted by atomic mass is 10.4. The molecule has 2 aromatic rings. The fourth-order valence-corrected chi connectivity index (χ4v) is 3.09. The molecular formula is C13H15N3O2S2. The third-order valence-corrected chi connectivity index (χ3v) is 4.60. The quantitative estimate of drug-likeness (QED) is 0.874. The van der Waals surface area contributed by atoms with Crippen LogP contribution in [0.15, 0.2) is 45.1 Å². The number of nitrogens with one attached hydrogen (secondary N) is 1. The van der Waals surface area contributed by atoms with Crippen molar-refractivity contribution in [2.24, 2.45) is 0 Å². The predicted octanol–water partition coefficient (Wildman–Crippen LogP) is 2.38. The summed E-state index contributed by atoms with van der Waals surface area (Å²) in [6.45, 7) is 1.83. The highest BCUT2D eigenvalue weighted by molar-refractivity contribution is 7.99. The largest absolute Gasteiger partial charge is 0.373 e. The van der Waals surface area contributed by atoms with Gasteiger partial charge in [0.15, 0.2) is 9.84 Å². The first-order valence-corrected chi connectivity index (χ1v) is 8.61. The average molecular weight is 309 g/mol. The molecule has 0 saturated carbocycles. The van der Waals surface area contributed by atoms with Crippen LogP contribution >= 0.6 is 11.8 Å². The molecule has 0 radical (unpaired) electrons. The highest BCUT2D eigenvalue weighted by Gasteiger charge is 2.08. The Bertz CT molecular complexity index is 713. The van der Waals surface area contributed by atoms with E-state index >= 15 is 0 Å². The van der Waals surface area contributed by atoms with Crippen LogP contribution in [0.3, 0.4) is 0 Å². The number of aryl methyl sites for hydroxylation is 1. The standard InChI is InChI=1S/C13H15N3O2S2/c1-9-15-12(14-2)8-13(16-9)19-10-4-6-11(7-5-10)20(3,17)18/h4-8H,1-3H3,(H,14,15,16). The van der Waals surface area contributed by atoms with Crippen LogP contribution in [-0.2, 0) is 9.84 Å². The van der Waals surface area contributed by atoms with Crippen molar-refractivity contribution < 1.29 is 8.42 Å². The molecule has 0 spiro atoms. The molecule has 1 aromatic carbocycles. The number of hydrogen-bond donors (Lipinski definition) is 1. The normalized spacial score (nSPS) is 11.3. The van der Waals surface area contributed by atoms with E-state index in [4.69, 9.17) is 0 Å². The van der Waals surface area contributed by atoms with Crippen LogP contribution in [0.2, 0.25) is 0 Å². The Balaban J connectivity index is 2.24. The van der Waals surface area contributed by atoms with Gasteiger partial charge in [-0.25, -0.2) is 18.4 Å². The SMILES string of the molecule is CNc1cc(Sc2ccc(S(C)(=O)=O)cc2)nc(C)n1. The average Bonchev–Trinajstić information content (AvgIpc) is 2.37. The number of benzene rings is 1. The van der Waals surface area contributed by atoms with Gasteiger partial charge >= 0.3 is 0 Å². The van der Waals surface area contributed by atoms with Gasteiger partial charge in [0, 0.05) is 24.3 Å². The molecule has 0 fully saturated rings. The van der Waals surface area contributed by atoms with Gasteiger partial charge in [-0.1, -0.05) is 11.8 Å². The van der Waals surface area contributed by atoms with Gasteiger partial charge in [-0.2, -0.15) is 0 Å². The number of sulfone groups is 1. The zero-order valence-electron chi connectivity index (χ0n) is 11.4. The Kier molecular flexibility index (Phi) is 4.29. The van der Waals surface area contributed by atoms with Crippen LogP contribution in [0.25, 0.3) is 0 Å². The monoisotopic (exact) mass is 309 g/mol. The molecule has 1 heterocycles. The summed E-state index contributed by atoms with van der Waals surface area (Å²) < 4.78 is 22.8. The second-order valence-electron chi connectivity index (χ2n) is 4.23. The van der Waals surface area contributed by atoms with Gasteiger partial charge in [0.05, 0.1) is 4.90 Å². The lowest BCUT2D eigenvalue weighted by Gasteiger charge is -2.06. The Morgan fingerprint density at radius 2 is 1.80 bits per heavy atom. The van der Waals surface area contributed by atoms with Crippen molar-refractivity contribution in [1.29, 1.82) is 0 Å². The van der Waals surface area contributed by atoms with E-state index in [0.29, 0.717) is 10.7 Å². The summed E-state index contributed by atoms with van der Waals surface area (Å²) in [5.41, 5.74) is 0. The molecule has 0 amide bonds. The van der Waals surface area contributed by atoms with Gasteiger partial charge in [-0.15, -0.1) is 0 Å². The van der Waals surface area contributed by atoms with Gasteiger partial charge in [0.2, 0.25) is 0 Å². The summed E-state index contributed by atoms with van der Waals surface area (Å²) in [7, 11) is -1.35. The highest BCUT2D eigenvalue weighted by atomic mass is 32.2. The molecule has 7 heteroatoms. The van der Waals surface area contributed by atoms with Gasteiger partial charge in [-0.05, 0) is 31.2 Å². The maximum atomic E-state index is 11.4. The molecular weight excluding hydrogens is 294 g/mol. The number of rotatable bonds is 4. The summed E-state index contributed by atoms with van der Waals surface area (Å²) in [5.74, 6) is 1.44. The first-order valence-electron chi connectivity index (χ1n) is 5.90. The van der Waals surface area contributed by atoms with E-state index in [2.05, 4.69) is 15.3 Å². The fourth-order valence-electron chi connectivity index (χ4n) is 1.60. The van der Waals surface area contributed by atoms with Crippen LogP contribution in [0.5, 0.6) is 0 Å². The lowest BCUT2D eigenvalue weighted by Crippen LogP contribution is -1.98. The summed E-state index contributed by atoms with van der Waals surface area (Å²) in [6.07, 6.45) is 1.20. The van der Waals surface area contributed by atoms with Gasteiger partial charge in [0.1, 0.15) is 16.7 Å². The minimum atomic E-state index is -3.15. The number of hydrogen-bond acceptors (Lipinski definition) is 6. The molecule has 0 aliphatic carbocycles. The molecule has 1 N–H and O–H groups in total. The van der Waals surface area contributed by atoms with Crippen LogP contribution in [0, 0.1) is 6.92 Å². The van der Waals surface area contributed by atoms with E-state index in [1.165, 1.54) is 18.0 Å². The van der Waals surface area contributed by atoms with Crippen molar-refractivity contribution in [3.8, 4) is 0 Å². The molecule has 2 rings (SSSR count). The second kappa shape index (κ2) is 5.80. The van der Waals surface area contributed by atoms with Gasteiger partial charge < -0.3 is 5.32 Å². The number of aromatic nitrogens is 2. The minimum absolute atomic E-state index is 0.316. The van der Waals surface area contributed by atoms with E-state index in [9.17, 15) is 8.42 Å². The van der Waals surface area contributed by atoms with Crippen molar-refractivity contribution >= 4 is 27.4 Å². The minimum Gasteiger partial charge on any atom is -0.373 e. The van der Waals surface area contributed by atoms with Gasteiger partial charge in [-0.3, -0.25) is 0 Å². The van der Waals surface area contributed by atoms with E-state index in [1.54, 1.807) is 31.3 Å². The van der Waals surface area contributed by atoms with Crippen LogP contribution in [0.1, 0.15) is 5.82 Å². The molecule has 0 atom stereocenters. The Labute approximate surface area is 122 Å². The first-order chi connectivity index (χ1) is 9.38. The van der Waals surface area contributed by atoms with Crippen LogP contribution in [0.4, 0.5) is 5.82 Å². The van der Waals surface area contributed by atoms with Crippen molar-refractivity contribution in [3.63, 3.8) is 0 Å². The molecule has 1 aromatic heterocycles. The Hall–Kier alpha value is -1.60. The van der Waals surface area contributed by atoms with E-state index in [1.807, 2.05) is 13.0 Å². The van der Waals surface area contributed by atoms with Crippen LogP contribution in [-0.4, -0.2) is 31.7 Å². The van der Waals surface area contributed by atoms with Gasteiger partial charge in [0.25, 0.3) is 0 Å². The first kappa shape index (κ1) is 14.8. The summed E-state index contributed by atoms with van der Waals surface area (Å²) >= 11 is 1.46. The Morgan fingerprint density at radius 1 is 1.15 bits per heavy atom.